The molecule has 4 aromatic carbocycles. The van der Waals surface area contributed by atoms with Crippen LogP contribution in [0.15, 0.2) is 88.5 Å². The van der Waals surface area contributed by atoms with Crippen molar-refractivity contribution in [3.8, 4) is 17.0 Å². The maximum atomic E-state index is 13.4. The molecule has 10 rings (SSSR count). The van der Waals surface area contributed by atoms with E-state index in [1.807, 2.05) is 42.5 Å². The number of aromatic nitrogens is 5. The highest BCUT2D eigenvalue weighted by atomic mass is 16.3. The molecule has 3 aliphatic rings. The van der Waals surface area contributed by atoms with Crippen LogP contribution in [0.25, 0.3) is 54.9 Å². The van der Waals surface area contributed by atoms with Crippen LogP contribution >= 0.6 is 0 Å². The second-order valence-electron chi connectivity index (χ2n) is 16.4. The van der Waals surface area contributed by atoms with Gasteiger partial charge in [-0.2, -0.15) is 0 Å². The van der Waals surface area contributed by atoms with Crippen LogP contribution in [0.4, 0.5) is 11.4 Å². The number of H-pyrrole nitrogens is 1. The minimum absolute atomic E-state index is 0.124. The number of pyridine rings is 1. The summed E-state index contributed by atoms with van der Waals surface area (Å²) >= 11 is 0. The van der Waals surface area contributed by atoms with Crippen molar-refractivity contribution in [1.82, 2.24) is 34.5 Å². The topological polar surface area (TPSA) is 170 Å². The monoisotopic (exact) mass is 791 g/mol. The predicted molar refractivity (Wildman–Crippen MR) is 229 cm³/mol. The smallest absolute Gasteiger partial charge is 0.329 e. The number of carbonyl (C=O) groups is 2. The number of imide groups is 1. The Kier molecular flexibility index (Phi) is 9.15. The van der Waals surface area contributed by atoms with Crippen molar-refractivity contribution < 1.29 is 14.7 Å². The fourth-order valence-electron chi connectivity index (χ4n) is 9.60. The van der Waals surface area contributed by atoms with E-state index in [0.717, 1.165) is 91.2 Å². The number of likely N-dealkylation sites (tertiary alicyclic amines) is 1. The van der Waals surface area contributed by atoms with Gasteiger partial charge in [-0.15, -0.1) is 10.2 Å². The second kappa shape index (κ2) is 14.7. The van der Waals surface area contributed by atoms with Crippen molar-refractivity contribution in [1.29, 1.82) is 0 Å². The van der Waals surface area contributed by atoms with Crippen LogP contribution < -0.4 is 26.8 Å². The summed E-state index contributed by atoms with van der Waals surface area (Å²) in [7, 11) is 1.74. The molecule has 14 heteroatoms. The zero-order valence-electron chi connectivity index (χ0n) is 32.8. The molecule has 2 amide bonds. The highest BCUT2D eigenvalue weighted by molar-refractivity contribution is 6.07. The van der Waals surface area contributed by atoms with Crippen molar-refractivity contribution in [2.75, 3.05) is 42.9 Å². The molecule has 3 aromatic heterocycles. The molecule has 3 fully saturated rings. The van der Waals surface area contributed by atoms with Gasteiger partial charge in [0.15, 0.2) is 5.65 Å². The van der Waals surface area contributed by atoms with E-state index in [-0.39, 0.29) is 29.3 Å². The third-order valence-corrected chi connectivity index (χ3v) is 12.8. The molecule has 6 heterocycles. The van der Waals surface area contributed by atoms with Gasteiger partial charge in [0.25, 0.3) is 5.56 Å². The number of aromatic amines is 1. The first-order valence-electron chi connectivity index (χ1n) is 20.5. The minimum Gasteiger partial charge on any atom is -0.507 e. The molecule has 3 aliphatic heterocycles. The lowest BCUT2D eigenvalue weighted by Gasteiger charge is -2.38. The van der Waals surface area contributed by atoms with Gasteiger partial charge in [-0.3, -0.25) is 28.8 Å². The Balaban J connectivity index is 0.756. The number of hydrogen-bond acceptors (Lipinski definition) is 10. The number of amides is 2. The number of aryl methyl sites for hydroxylation is 1. The van der Waals surface area contributed by atoms with Crippen molar-refractivity contribution in [3.05, 3.63) is 99.7 Å². The number of imidazole rings is 1. The molecule has 3 saturated heterocycles. The largest absolute Gasteiger partial charge is 0.507 e. The molecule has 59 heavy (non-hydrogen) atoms. The molecule has 0 saturated carbocycles. The zero-order valence-corrected chi connectivity index (χ0v) is 32.8. The highest BCUT2D eigenvalue weighted by Crippen LogP contribution is 2.34. The number of nitrogens with one attached hydrogen (secondary N) is 3. The Morgan fingerprint density at radius 1 is 0.797 bits per heavy atom. The fourth-order valence-corrected chi connectivity index (χ4v) is 9.60. The highest BCUT2D eigenvalue weighted by Gasteiger charge is 2.32. The van der Waals surface area contributed by atoms with Crippen LogP contribution in [0.3, 0.4) is 0 Å². The lowest BCUT2D eigenvalue weighted by Crippen LogP contribution is -2.44. The molecule has 0 spiro atoms. The van der Waals surface area contributed by atoms with E-state index >= 15 is 0 Å². The van der Waals surface area contributed by atoms with E-state index in [0.29, 0.717) is 46.2 Å². The second-order valence-corrected chi connectivity index (χ2v) is 16.4. The first-order valence-corrected chi connectivity index (χ1v) is 20.5. The maximum Gasteiger partial charge on any atom is 0.329 e. The van der Waals surface area contributed by atoms with E-state index in [1.165, 1.54) is 10.3 Å². The molecule has 0 bridgehead atoms. The Hall–Kier alpha value is -6.54. The Morgan fingerprint density at radius 3 is 2.39 bits per heavy atom. The van der Waals surface area contributed by atoms with Crippen LogP contribution in [0.1, 0.15) is 44.6 Å². The quantitative estimate of drug-likeness (QED) is 0.121. The number of carbonyl (C=O) groups excluding carboxylic acids is 2. The molecule has 14 nitrogen and oxygen atoms in total. The van der Waals surface area contributed by atoms with Crippen LogP contribution in [-0.4, -0.2) is 84.9 Å². The first kappa shape index (κ1) is 36.8. The van der Waals surface area contributed by atoms with E-state index in [9.17, 15) is 24.3 Å². The number of nitrogens with zero attached hydrogens (tertiary/aromatic N) is 6. The van der Waals surface area contributed by atoms with Crippen LogP contribution in [0, 0.1) is 5.92 Å². The van der Waals surface area contributed by atoms with Crippen LogP contribution in [0.2, 0.25) is 0 Å². The van der Waals surface area contributed by atoms with E-state index in [4.69, 9.17) is 0 Å². The summed E-state index contributed by atoms with van der Waals surface area (Å²) in [6.45, 7) is 5.12. The van der Waals surface area contributed by atoms with Gasteiger partial charge in [0.1, 0.15) is 11.8 Å². The Labute approximate surface area is 338 Å². The summed E-state index contributed by atoms with van der Waals surface area (Å²) < 4.78 is 3.15. The summed E-state index contributed by atoms with van der Waals surface area (Å²) in [5.41, 5.74) is 4.64. The molecule has 0 aliphatic carbocycles. The molecule has 1 unspecified atom stereocenters. The Bertz CT molecular complexity index is 2940. The number of rotatable bonds is 7. The first-order chi connectivity index (χ1) is 28.7. The number of benzene rings is 4. The van der Waals surface area contributed by atoms with Crippen LogP contribution in [0.5, 0.6) is 5.75 Å². The number of hydrogen-bond donors (Lipinski definition) is 4. The summed E-state index contributed by atoms with van der Waals surface area (Å²) in [6.07, 6.45) is 4.82. The number of anilines is 2. The predicted octanol–water partition coefficient (Wildman–Crippen LogP) is 5.42. The summed E-state index contributed by atoms with van der Waals surface area (Å²) in [4.78, 5) is 58.9. The molecule has 4 N–H and O–H groups in total. The lowest BCUT2D eigenvalue weighted by atomic mass is 9.94. The van der Waals surface area contributed by atoms with Gasteiger partial charge >= 0.3 is 5.69 Å². The average Bonchev–Trinajstić information content (AvgIpc) is 3.50. The third-order valence-electron chi connectivity index (χ3n) is 12.8. The van der Waals surface area contributed by atoms with Gasteiger partial charge in [-0.25, -0.2) is 4.79 Å². The van der Waals surface area contributed by atoms with Gasteiger partial charge in [-0.1, -0.05) is 30.3 Å². The number of piperidine rings is 3. The van der Waals surface area contributed by atoms with Crippen molar-refractivity contribution in [3.63, 3.8) is 0 Å². The van der Waals surface area contributed by atoms with Gasteiger partial charge in [0.2, 0.25) is 11.8 Å². The average molecular weight is 792 g/mol. The molecule has 7 aromatic rings. The number of para-hydroxylation sites is 1. The lowest BCUT2D eigenvalue weighted by molar-refractivity contribution is -0.135. The van der Waals surface area contributed by atoms with Crippen molar-refractivity contribution in [2.45, 2.75) is 50.6 Å². The number of phenols is 1. The van der Waals surface area contributed by atoms with Crippen molar-refractivity contribution >= 4 is 66.8 Å². The molecular formula is C45H45N9O5. The van der Waals surface area contributed by atoms with Gasteiger partial charge in [0, 0.05) is 85.3 Å². The molecule has 1 atom stereocenters. The van der Waals surface area contributed by atoms with Gasteiger partial charge < -0.3 is 25.2 Å². The summed E-state index contributed by atoms with van der Waals surface area (Å²) in [5, 5.41) is 29.1. The molecule has 0 radical (unpaired) electrons. The van der Waals surface area contributed by atoms with E-state index in [2.05, 4.69) is 53.8 Å². The van der Waals surface area contributed by atoms with Crippen LogP contribution in [-0.2, 0) is 16.6 Å². The van der Waals surface area contributed by atoms with Gasteiger partial charge in [0.05, 0.1) is 16.7 Å². The summed E-state index contributed by atoms with van der Waals surface area (Å²) in [5.74, 6) is 0.0281. The fraction of sp³-hybridized carbons (Fsp3) is 0.333. The maximum absolute atomic E-state index is 13.4. The number of aromatic hydroxyl groups is 1. The number of fused-ring (bicyclic) bond motifs is 6. The van der Waals surface area contributed by atoms with Gasteiger partial charge in [-0.05, 0) is 97.3 Å². The standard InChI is InChI=1S/C45H45N9O5/c1-51-41-31-10-8-30(22-27(31)6-11-37(41)54(45(51)59)38-12-13-40(56)47-44(38)58)53-20-14-26(15-21-53)25-52-18-16-28(17-19-52)46-29-7-9-32-34-24-36(33-4-2-3-5-39(33)55)49-50-42(34)48-43(57)35(32)23-29/h2-11,22-24,26,28,38,46,55H,12-21,25H2,1H3,(H,47,56,58)(H,48,50,57). The van der Waals surface area contributed by atoms with Crippen molar-refractivity contribution in [2.24, 2.45) is 13.0 Å². The summed E-state index contributed by atoms with van der Waals surface area (Å²) in [6, 6.07) is 24.8. The zero-order chi connectivity index (χ0) is 40.4. The Morgan fingerprint density at radius 2 is 1.59 bits per heavy atom. The van der Waals surface area contributed by atoms with E-state index in [1.54, 1.807) is 29.8 Å². The van der Waals surface area contributed by atoms with E-state index < -0.39 is 11.9 Å². The molecule has 300 valence electrons. The molecular weight excluding hydrogens is 747 g/mol. The third kappa shape index (κ3) is 6.66. The number of phenolic OH excluding ortho intramolecular Hbond substituents is 1. The normalized spacial score (nSPS) is 18.7. The SMILES string of the molecule is Cn1c(=O)n(C2CCC(=O)NC2=O)c2ccc3cc(N4CCC(CN5CCC(Nc6ccc7c(c6)c(=O)[nH]c6nnc(-c8ccccc8O)cc67)CC5)CC4)ccc3c21. The minimum atomic E-state index is -0.707.